The quantitative estimate of drug-likeness (QED) is 0.540. The number of hydrogen-bond acceptors (Lipinski definition) is 6. The largest absolute Gasteiger partial charge is 0.484 e. The summed E-state index contributed by atoms with van der Waals surface area (Å²) >= 11 is 1.48. The van der Waals surface area contributed by atoms with Gasteiger partial charge in [0.05, 0.1) is 0 Å². The number of carbonyl (C=O) groups is 2. The number of amides is 2. The van der Waals surface area contributed by atoms with Crippen molar-refractivity contribution in [3.05, 3.63) is 66.0 Å². The molecule has 1 fully saturated rings. The Hall–Kier alpha value is -3.39. The van der Waals surface area contributed by atoms with Gasteiger partial charge in [0.25, 0.3) is 5.91 Å². The van der Waals surface area contributed by atoms with Crippen LogP contribution >= 0.6 is 11.8 Å². The van der Waals surface area contributed by atoms with E-state index in [0.717, 1.165) is 28.4 Å². The fraction of sp³-hybridized carbons (Fsp3) is 0.250. The molecule has 0 atom stereocenters. The van der Waals surface area contributed by atoms with Crippen molar-refractivity contribution in [3.8, 4) is 5.75 Å². The molecule has 7 nitrogen and oxygen atoms in total. The lowest BCUT2D eigenvalue weighted by Gasteiger charge is -2.16. The number of benzene rings is 2. The van der Waals surface area contributed by atoms with Crippen LogP contribution in [0.4, 0.5) is 11.4 Å². The van der Waals surface area contributed by atoms with Crippen molar-refractivity contribution in [3.63, 3.8) is 0 Å². The molecule has 32 heavy (non-hydrogen) atoms. The van der Waals surface area contributed by atoms with Gasteiger partial charge in [0.15, 0.2) is 11.8 Å². The maximum Gasteiger partial charge on any atom is 0.262 e. The Balaban J connectivity index is 1.30. The molecule has 1 aliphatic heterocycles. The predicted molar refractivity (Wildman–Crippen MR) is 124 cm³/mol. The molecular formula is C24H24N4O3S. The third-order valence-corrected chi connectivity index (χ3v) is 5.75. The van der Waals surface area contributed by atoms with E-state index < -0.39 is 0 Å². The lowest BCUT2D eigenvalue weighted by Crippen LogP contribution is -2.24. The molecule has 164 valence electrons. The molecule has 0 radical (unpaired) electrons. The Morgan fingerprint density at radius 2 is 1.84 bits per heavy atom. The van der Waals surface area contributed by atoms with E-state index in [4.69, 9.17) is 4.74 Å². The zero-order valence-electron chi connectivity index (χ0n) is 18.0. The van der Waals surface area contributed by atoms with Gasteiger partial charge in [-0.15, -0.1) is 0 Å². The summed E-state index contributed by atoms with van der Waals surface area (Å²) in [4.78, 5) is 35.8. The highest BCUT2D eigenvalue weighted by Crippen LogP contribution is 2.27. The van der Waals surface area contributed by atoms with E-state index in [2.05, 4.69) is 15.3 Å². The number of rotatable bonds is 7. The van der Waals surface area contributed by atoms with E-state index in [-0.39, 0.29) is 18.4 Å². The number of ether oxygens (including phenoxy) is 1. The van der Waals surface area contributed by atoms with Crippen molar-refractivity contribution >= 4 is 35.0 Å². The molecule has 3 aromatic rings. The minimum absolute atomic E-state index is 0.116. The maximum atomic E-state index is 12.3. The van der Waals surface area contributed by atoms with E-state index in [1.54, 1.807) is 17.0 Å². The number of hydrogen-bond donors (Lipinski definition) is 1. The third kappa shape index (κ3) is 5.64. The Morgan fingerprint density at radius 3 is 2.53 bits per heavy atom. The topological polar surface area (TPSA) is 84.4 Å². The Morgan fingerprint density at radius 1 is 1.09 bits per heavy atom. The second kappa shape index (κ2) is 9.82. The van der Waals surface area contributed by atoms with Crippen LogP contribution in [0.3, 0.4) is 0 Å². The highest BCUT2D eigenvalue weighted by molar-refractivity contribution is 7.99. The van der Waals surface area contributed by atoms with E-state index in [0.29, 0.717) is 29.6 Å². The average molecular weight is 449 g/mol. The lowest BCUT2D eigenvalue weighted by molar-refractivity contribution is -0.118. The predicted octanol–water partition coefficient (Wildman–Crippen LogP) is 4.39. The van der Waals surface area contributed by atoms with Gasteiger partial charge in [-0.05, 0) is 74.5 Å². The van der Waals surface area contributed by atoms with Crippen LogP contribution in [-0.4, -0.2) is 34.9 Å². The molecule has 4 rings (SSSR count). The molecular weight excluding hydrogens is 424 g/mol. The van der Waals surface area contributed by atoms with Gasteiger partial charge < -0.3 is 15.0 Å². The normalized spacial score (nSPS) is 13.3. The average Bonchev–Trinajstić information content (AvgIpc) is 3.19. The van der Waals surface area contributed by atoms with Crippen molar-refractivity contribution in [2.75, 3.05) is 23.4 Å². The van der Waals surface area contributed by atoms with Crippen molar-refractivity contribution in [2.45, 2.75) is 36.7 Å². The van der Waals surface area contributed by atoms with E-state index in [9.17, 15) is 9.59 Å². The van der Waals surface area contributed by atoms with Crippen molar-refractivity contribution in [1.82, 2.24) is 9.97 Å². The number of nitrogens with zero attached hydrogens (tertiary/aromatic N) is 3. The van der Waals surface area contributed by atoms with Crippen molar-refractivity contribution in [2.24, 2.45) is 0 Å². The molecule has 1 N–H and O–H groups in total. The van der Waals surface area contributed by atoms with Gasteiger partial charge in [-0.25, -0.2) is 9.97 Å². The molecule has 0 aliphatic carbocycles. The standard InChI is InChI=1S/C24H24N4O3S/c1-16-13-17(2)26-24(25-16)32-21-10-8-18(9-11-21)27-22(29)15-31-20-6-3-5-19(14-20)28-12-4-7-23(28)30/h3,5-6,8-11,13-14H,4,7,12,15H2,1-2H3,(H,27,29). The maximum absolute atomic E-state index is 12.3. The third-order valence-electron chi connectivity index (χ3n) is 4.88. The van der Waals surface area contributed by atoms with Gasteiger partial charge in [-0.2, -0.15) is 0 Å². The van der Waals surface area contributed by atoms with E-state index in [1.165, 1.54) is 11.8 Å². The van der Waals surface area contributed by atoms with E-state index in [1.807, 2.05) is 56.3 Å². The smallest absolute Gasteiger partial charge is 0.262 e. The highest BCUT2D eigenvalue weighted by Gasteiger charge is 2.21. The minimum Gasteiger partial charge on any atom is -0.484 e. The first-order valence-electron chi connectivity index (χ1n) is 10.4. The van der Waals surface area contributed by atoms with Gasteiger partial charge in [-0.3, -0.25) is 9.59 Å². The first-order chi connectivity index (χ1) is 15.5. The fourth-order valence-electron chi connectivity index (χ4n) is 3.46. The summed E-state index contributed by atoms with van der Waals surface area (Å²) in [6.45, 7) is 4.49. The van der Waals surface area contributed by atoms with Crippen LogP contribution in [0.1, 0.15) is 24.2 Å². The number of nitrogens with one attached hydrogen (secondary N) is 1. The Kier molecular flexibility index (Phi) is 6.70. The first kappa shape index (κ1) is 21.8. The summed E-state index contributed by atoms with van der Waals surface area (Å²) in [5, 5.41) is 3.53. The van der Waals surface area contributed by atoms with Gasteiger partial charge in [0.1, 0.15) is 5.75 Å². The molecule has 0 unspecified atom stereocenters. The summed E-state index contributed by atoms with van der Waals surface area (Å²) in [6.07, 6.45) is 1.43. The molecule has 1 saturated heterocycles. The lowest BCUT2D eigenvalue weighted by atomic mass is 10.3. The van der Waals surface area contributed by atoms with Crippen molar-refractivity contribution in [1.29, 1.82) is 0 Å². The minimum atomic E-state index is -0.259. The van der Waals surface area contributed by atoms with Crippen LogP contribution in [0.25, 0.3) is 0 Å². The summed E-state index contributed by atoms with van der Waals surface area (Å²) < 4.78 is 5.63. The Bertz CT molecular complexity index is 1110. The highest BCUT2D eigenvalue weighted by atomic mass is 32.2. The zero-order valence-corrected chi connectivity index (χ0v) is 18.8. The molecule has 2 aromatic carbocycles. The van der Waals surface area contributed by atoms with Crippen LogP contribution in [0.5, 0.6) is 5.75 Å². The first-order valence-corrected chi connectivity index (χ1v) is 11.2. The summed E-state index contributed by atoms with van der Waals surface area (Å²) in [5.74, 6) is 0.411. The molecule has 0 spiro atoms. The molecule has 8 heteroatoms. The second-order valence-corrected chi connectivity index (χ2v) is 8.58. The van der Waals surface area contributed by atoms with Crippen LogP contribution in [0.15, 0.2) is 64.6 Å². The number of carbonyl (C=O) groups excluding carboxylic acids is 2. The second-order valence-electron chi connectivity index (χ2n) is 7.54. The SMILES string of the molecule is Cc1cc(C)nc(Sc2ccc(NC(=O)COc3cccc(N4CCCC4=O)c3)cc2)n1. The van der Waals surface area contributed by atoms with Crippen LogP contribution in [-0.2, 0) is 9.59 Å². The zero-order chi connectivity index (χ0) is 22.5. The van der Waals surface area contributed by atoms with Gasteiger partial charge >= 0.3 is 0 Å². The monoisotopic (exact) mass is 448 g/mol. The number of anilines is 2. The Labute approximate surface area is 191 Å². The molecule has 2 amide bonds. The molecule has 1 aliphatic rings. The van der Waals surface area contributed by atoms with Gasteiger partial charge in [0, 0.05) is 46.7 Å². The number of aryl methyl sites for hydroxylation is 2. The summed E-state index contributed by atoms with van der Waals surface area (Å²) in [5.41, 5.74) is 3.34. The van der Waals surface area contributed by atoms with E-state index >= 15 is 0 Å². The van der Waals surface area contributed by atoms with Crippen LogP contribution in [0.2, 0.25) is 0 Å². The van der Waals surface area contributed by atoms with Gasteiger partial charge in [-0.1, -0.05) is 6.07 Å². The summed E-state index contributed by atoms with van der Waals surface area (Å²) in [6, 6.07) is 16.7. The van der Waals surface area contributed by atoms with Crippen molar-refractivity contribution < 1.29 is 14.3 Å². The summed E-state index contributed by atoms with van der Waals surface area (Å²) in [7, 11) is 0. The van der Waals surface area contributed by atoms with Crippen LogP contribution < -0.4 is 15.0 Å². The molecule has 1 aromatic heterocycles. The number of aromatic nitrogens is 2. The van der Waals surface area contributed by atoms with Crippen LogP contribution in [0, 0.1) is 13.8 Å². The van der Waals surface area contributed by atoms with Gasteiger partial charge in [0.2, 0.25) is 5.91 Å². The molecule has 0 bridgehead atoms. The fourth-order valence-corrected chi connectivity index (χ4v) is 4.32. The molecule has 2 heterocycles. The molecule has 0 saturated carbocycles.